The molecule has 4 rings (SSSR count). The highest BCUT2D eigenvalue weighted by molar-refractivity contribution is 6.16. The molecule has 0 aliphatic heterocycles. The van der Waals surface area contributed by atoms with E-state index in [9.17, 15) is 9.59 Å². The summed E-state index contributed by atoms with van der Waals surface area (Å²) in [7, 11) is 3.03. The van der Waals surface area contributed by atoms with Crippen LogP contribution in [0.25, 0.3) is 0 Å². The fraction of sp³-hybridized carbons (Fsp3) is 0.276. The largest absolute Gasteiger partial charge is 0.496 e. The number of benzene rings is 2. The van der Waals surface area contributed by atoms with Gasteiger partial charge in [-0.3, -0.25) is 15.0 Å². The standard InChI is InChI=1S/C25H26N6O3.C3H6.CH5N/c1-34-20-5-3-2-4-19(20)25(33)28-13-15-6-8-16(9-7-15)22(26)21-23(27)29-14-30-24(21)31-17-10-11-18(32)12-17;1-3-2;1-2/h2-9,14,17,26H,10-13H2,1H3,(H,28,33)(H3,27,29,30,31);3H,1H2,2H3;2H2,1H3. The fourth-order valence-electron chi connectivity index (χ4n) is 3.93. The van der Waals surface area contributed by atoms with E-state index < -0.39 is 0 Å². The average molecular weight is 532 g/mol. The lowest BCUT2D eigenvalue weighted by atomic mass is 10.0. The Labute approximate surface area is 229 Å². The van der Waals surface area contributed by atoms with E-state index in [0.29, 0.717) is 47.6 Å². The van der Waals surface area contributed by atoms with E-state index >= 15 is 0 Å². The molecule has 1 aliphatic rings. The second-order valence-corrected chi connectivity index (χ2v) is 8.47. The number of anilines is 2. The third-order valence-electron chi connectivity index (χ3n) is 5.76. The summed E-state index contributed by atoms with van der Waals surface area (Å²) in [5.41, 5.74) is 13.1. The summed E-state index contributed by atoms with van der Waals surface area (Å²) in [5, 5.41) is 14.8. The van der Waals surface area contributed by atoms with E-state index in [1.54, 1.807) is 36.4 Å². The molecule has 10 heteroatoms. The number of allylic oxidation sites excluding steroid dienone is 1. The number of nitrogens with two attached hydrogens (primary N) is 2. The van der Waals surface area contributed by atoms with Crippen LogP contribution in [-0.4, -0.2) is 47.6 Å². The molecule has 39 heavy (non-hydrogen) atoms. The molecule has 206 valence electrons. The van der Waals surface area contributed by atoms with Gasteiger partial charge in [-0.1, -0.05) is 42.5 Å². The first-order chi connectivity index (χ1) is 18.9. The Balaban J connectivity index is 0.000000998. The van der Waals surface area contributed by atoms with Gasteiger partial charge in [-0.25, -0.2) is 9.97 Å². The third kappa shape index (κ3) is 8.47. The Morgan fingerprint density at radius 3 is 2.46 bits per heavy atom. The topological polar surface area (TPSA) is 169 Å². The first-order valence-electron chi connectivity index (χ1n) is 12.5. The number of hydrogen-bond donors (Lipinski definition) is 5. The number of nitrogens with zero attached hydrogens (tertiary/aromatic N) is 2. The molecule has 1 aliphatic carbocycles. The van der Waals surface area contributed by atoms with Crippen LogP contribution in [0.15, 0.2) is 67.5 Å². The Morgan fingerprint density at radius 1 is 1.18 bits per heavy atom. The molecule has 7 N–H and O–H groups in total. The van der Waals surface area contributed by atoms with Crippen LogP contribution in [0.4, 0.5) is 11.6 Å². The van der Waals surface area contributed by atoms with Gasteiger partial charge in [-0.15, -0.1) is 6.58 Å². The number of carbonyl (C=O) groups excluding carboxylic acids is 2. The minimum absolute atomic E-state index is 0.0254. The predicted octanol–water partition coefficient (Wildman–Crippen LogP) is 3.71. The zero-order valence-electron chi connectivity index (χ0n) is 22.7. The number of aromatic nitrogens is 2. The Hall–Kier alpha value is -4.57. The summed E-state index contributed by atoms with van der Waals surface area (Å²) < 4.78 is 5.24. The summed E-state index contributed by atoms with van der Waals surface area (Å²) in [6.45, 7) is 5.57. The normalized spacial score (nSPS) is 13.6. The minimum Gasteiger partial charge on any atom is -0.496 e. The van der Waals surface area contributed by atoms with Gasteiger partial charge in [0.1, 0.15) is 29.5 Å². The highest BCUT2D eigenvalue weighted by atomic mass is 16.5. The summed E-state index contributed by atoms with van der Waals surface area (Å²) in [6.07, 6.45) is 4.80. The van der Waals surface area contributed by atoms with Crippen LogP contribution in [0.3, 0.4) is 0 Å². The van der Waals surface area contributed by atoms with Crippen molar-refractivity contribution in [3.05, 3.63) is 89.8 Å². The first-order valence-corrected chi connectivity index (χ1v) is 12.5. The van der Waals surface area contributed by atoms with Crippen molar-refractivity contribution in [2.75, 3.05) is 25.2 Å². The summed E-state index contributed by atoms with van der Waals surface area (Å²) in [6, 6.07) is 14.3. The Bertz CT molecular complexity index is 1280. The molecule has 0 bridgehead atoms. The number of carbonyl (C=O) groups is 2. The van der Waals surface area contributed by atoms with E-state index in [4.69, 9.17) is 15.9 Å². The van der Waals surface area contributed by atoms with Gasteiger partial charge in [0, 0.05) is 31.0 Å². The zero-order valence-corrected chi connectivity index (χ0v) is 22.7. The molecule has 1 fully saturated rings. The number of ether oxygens (including phenoxy) is 1. The molecule has 0 radical (unpaired) electrons. The summed E-state index contributed by atoms with van der Waals surface area (Å²) in [5.74, 6) is 1.14. The number of nitrogen functional groups attached to an aromatic ring is 1. The number of Topliss-reactive ketones (excluding diaryl/α,β-unsaturated/α-hetero) is 1. The number of hydrogen-bond acceptors (Lipinski definition) is 9. The molecule has 2 aromatic carbocycles. The molecule has 1 unspecified atom stereocenters. The van der Waals surface area contributed by atoms with E-state index in [-0.39, 0.29) is 29.3 Å². The molecular weight excluding hydrogens is 494 g/mol. The molecule has 10 nitrogen and oxygen atoms in total. The van der Waals surface area contributed by atoms with Gasteiger partial charge in [0.2, 0.25) is 0 Å². The number of ketones is 1. The van der Waals surface area contributed by atoms with E-state index in [0.717, 1.165) is 12.0 Å². The van der Waals surface area contributed by atoms with Crippen molar-refractivity contribution in [1.29, 1.82) is 5.41 Å². The summed E-state index contributed by atoms with van der Waals surface area (Å²) >= 11 is 0. The van der Waals surface area contributed by atoms with Crippen LogP contribution in [0.2, 0.25) is 0 Å². The molecule has 0 spiro atoms. The lowest BCUT2D eigenvalue weighted by Gasteiger charge is -2.17. The van der Waals surface area contributed by atoms with Crippen molar-refractivity contribution in [1.82, 2.24) is 15.3 Å². The van der Waals surface area contributed by atoms with Crippen molar-refractivity contribution in [3.63, 3.8) is 0 Å². The van der Waals surface area contributed by atoms with E-state index in [2.05, 4.69) is 32.9 Å². The highest BCUT2D eigenvalue weighted by Crippen LogP contribution is 2.26. The van der Waals surface area contributed by atoms with Gasteiger partial charge in [-0.05, 0) is 38.1 Å². The predicted molar refractivity (Wildman–Crippen MR) is 155 cm³/mol. The quantitative estimate of drug-likeness (QED) is 0.216. The SMILES string of the molecule is C=CC.CN.COc1ccccc1C(=O)NCc1ccc(C(=N)c2c(N)ncnc2NC2CCC(=O)C2)cc1. The summed E-state index contributed by atoms with van der Waals surface area (Å²) in [4.78, 5) is 32.5. The maximum absolute atomic E-state index is 12.5. The lowest BCUT2D eigenvalue weighted by Crippen LogP contribution is -2.23. The third-order valence-corrected chi connectivity index (χ3v) is 5.76. The van der Waals surface area contributed by atoms with Crippen LogP contribution in [0, 0.1) is 5.41 Å². The van der Waals surface area contributed by atoms with Crippen LogP contribution in [0.5, 0.6) is 5.75 Å². The average Bonchev–Trinajstić information content (AvgIpc) is 3.37. The monoisotopic (exact) mass is 531 g/mol. The molecular formula is C29H37N7O3. The van der Waals surface area contributed by atoms with Gasteiger partial charge >= 0.3 is 0 Å². The minimum atomic E-state index is -0.232. The van der Waals surface area contributed by atoms with E-state index in [1.807, 2.05) is 25.1 Å². The van der Waals surface area contributed by atoms with Crippen molar-refractivity contribution in [3.8, 4) is 5.75 Å². The maximum atomic E-state index is 12.5. The van der Waals surface area contributed by atoms with Crippen molar-refractivity contribution in [2.45, 2.75) is 38.8 Å². The second-order valence-electron chi connectivity index (χ2n) is 8.47. The molecule has 1 aromatic heterocycles. The van der Waals surface area contributed by atoms with Gasteiger partial charge < -0.3 is 26.8 Å². The van der Waals surface area contributed by atoms with Gasteiger partial charge in [0.25, 0.3) is 5.91 Å². The van der Waals surface area contributed by atoms with Gasteiger partial charge in [0.15, 0.2) is 0 Å². The smallest absolute Gasteiger partial charge is 0.255 e. The lowest BCUT2D eigenvalue weighted by molar-refractivity contribution is -0.117. The van der Waals surface area contributed by atoms with Crippen molar-refractivity contribution >= 4 is 29.0 Å². The number of amides is 1. The van der Waals surface area contributed by atoms with Gasteiger partial charge in [-0.2, -0.15) is 0 Å². The zero-order chi connectivity index (χ0) is 28.8. The molecule has 1 saturated carbocycles. The van der Waals surface area contributed by atoms with Crippen molar-refractivity contribution < 1.29 is 14.3 Å². The number of rotatable bonds is 8. The number of nitrogens with one attached hydrogen (secondary N) is 3. The Morgan fingerprint density at radius 2 is 1.85 bits per heavy atom. The second kappa shape index (κ2) is 15.6. The van der Waals surface area contributed by atoms with Crippen LogP contribution in [0.1, 0.15) is 53.2 Å². The van der Waals surface area contributed by atoms with Crippen LogP contribution >= 0.6 is 0 Å². The number of methoxy groups -OCH3 is 1. The Kier molecular flexibility index (Phi) is 12.3. The van der Waals surface area contributed by atoms with E-state index in [1.165, 1.54) is 20.5 Å². The van der Waals surface area contributed by atoms with Gasteiger partial charge in [0.05, 0.1) is 23.9 Å². The molecule has 1 amide bonds. The fourth-order valence-corrected chi connectivity index (χ4v) is 3.93. The molecule has 1 atom stereocenters. The van der Waals surface area contributed by atoms with Crippen LogP contribution in [-0.2, 0) is 11.3 Å². The highest BCUT2D eigenvalue weighted by Gasteiger charge is 2.25. The molecule has 3 aromatic rings. The van der Waals surface area contributed by atoms with Crippen LogP contribution < -0.4 is 26.8 Å². The number of para-hydroxylation sites is 1. The first kappa shape index (κ1) is 30.7. The maximum Gasteiger partial charge on any atom is 0.255 e. The van der Waals surface area contributed by atoms with Crippen molar-refractivity contribution in [2.24, 2.45) is 5.73 Å². The molecule has 1 heterocycles. The molecule has 0 saturated heterocycles.